The van der Waals surface area contributed by atoms with E-state index in [2.05, 4.69) is 68.9 Å². The number of benzene rings is 2. The van der Waals surface area contributed by atoms with Crippen LogP contribution in [-0.2, 0) is 5.60 Å². The molecule has 1 aliphatic heterocycles. The molecule has 2 aromatic heterocycles. The maximum atomic E-state index is 10.5. The highest BCUT2D eigenvalue weighted by atomic mass is 16.5. The van der Waals surface area contributed by atoms with Gasteiger partial charge in [0.2, 0.25) is 0 Å². The van der Waals surface area contributed by atoms with Gasteiger partial charge in [0.25, 0.3) is 5.89 Å². The molecule has 42 heavy (non-hydrogen) atoms. The monoisotopic (exact) mass is 565 g/mol. The van der Waals surface area contributed by atoms with Crippen LogP contribution in [0.15, 0.2) is 71.4 Å². The molecule has 7 nitrogen and oxygen atoms in total. The van der Waals surface area contributed by atoms with E-state index in [0.29, 0.717) is 29.6 Å². The summed E-state index contributed by atoms with van der Waals surface area (Å²) in [6.07, 6.45) is 10.7. The number of piperidine rings is 1. The van der Waals surface area contributed by atoms with E-state index in [-0.39, 0.29) is 0 Å². The normalized spacial score (nSPS) is 21.3. The van der Waals surface area contributed by atoms with Gasteiger partial charge in [0.05, 0.1) is 5.60 Å². The highest BCUT2D eigenvalue weighted by Crippen LogP contribution is 2.36. The number of aromatic nitrogens is 3. The number of pyridine rings is 1. The van der Waals surface area contributed by atoms with Crippen molar-refractivity contribution < 1.29 is 9.63 Å². The molecule has 0 amide bonds. The van der Waals surface area contributed by atoms with Gasteiger partial charge in [0.15, 0.2) is 5.82 Å². The summed E-state index contributed by atoms with van der Waals surface area (Å²) < 4.78 is 5.34. The second-order valence-electron chi connectivity index (χ2n) is 12.7. The number of aryl methyl sites for hydroxylation is 1. The van der Waals surface area contributed by atoms with E-state index >= 15 is 0 Å². The average Bonchev–Trinajstić information content (AvgIpc) is 3.44. The molecule has 6 rings (SSSR count). The predicted molar refractivity (Wildman–Crippen MR) is 168 cm³/mol. The summed E-state index contributed by atoms with van der Waals surface area (Å²) in [5.74, 6) is 3.52. The molecule has 1 saturated heterocycles. The third-order valence-electron chi connectivity index (χ3n) is 9.07. The molecule has 7 heteroatoms. The minimum atomic E-state index is -0.869. The molecule has 3 atom stereocenters. The minimum Gasteiger partial charge on any atom is -0.386 e. The first kappa shape index (κ1) is 28.4. The summed E-state index contributed by atoms with van der Waals surface area (Å²) in [6.45, 7) is 7.71. The number of nitrogens with zero attached hydrogens (tertiary/aromatic N) is 4. The molecule has 2 aliphatic rings. The molecule has 2 N–H and O–H groups in total. The van der Waals surface area contributed by atoms with Crippen molar-refractivity contribution in [3.63, 3.8) is 0 Å². The summed E-state index contributed by atoms with van der Waals surface area (Å²) in [6, 6.07) is 21.4. The van der Waals surface area contributed by atoms with Crippen molar-refractivity contribution in [3.05, 3.63) is 78.2 Å². The Labute approximate surface area is 249 Å². The molecule has 4 aromatic rings. The third-order valence-corrected chi connectivity index (χ3v) is 9.07. The van der Waals surface area contributed by atoms with Crippen molar-refractivity contribution in [2.75, 3.05) is 23.3 Å². The Hall–Kier alpha value is -3.71. The van der Waals surface area contributed by atoms with E-state index in [1.807, 2.05) is 39.1 Å². The summed E-state index contributed by atoms with van der Waals surface area (Å²) >= 11 is 0. The fraction of sp³-hybridized carbons (Fsp3) is 0.457. The molecule has 0 bridgehead atoms. The quantitative estimate of drug-likeness (QED) is 0.227. The standard InChI is InChI=1S/C35H43N5O2/c1-24-37-34(42-39-24)26-13-15-31(16-14-26)40-19-7-8-25(23-40)20-29-9-4-5-12-32(29)38-33-22-28(17-18-36-33)27-10-6-11-30(21-27)35(2,3)41/h6,10-11,13-18,21-22,25,29,32,41H,4-5,7-9,12,19-20,23H2,1-3H3,(H,36,38)/t25-,29+,32-/m1/s1. The minimum absolute atomic E-state index is 0.441. The second-order valence-corrected chi connectivity index (χ2v) is 12.7. The maximum absolute atomic E-state index is 10.5. The molecular formula is C35H43N5O2. The fourth-order valence-electron chi connectivity index (χ4n) is 6.79. The summed E-state index contributed by atoms with van der Waals surface area (Å²) in [5, 5.41) is 18.3. The van der Waals surface area contributed by atoms with Crippen LogP contribution in [0.1, 0.15) is 70.2 Å². The first-order valence-electron chi connectivity index (χ1n) is 15.5. The lowest BCUT2D eigenvalue weighted by atomic mass is 9.77. The lowest BCUT2D eigenvalue weighted by Gasteiger charge is -2.39. The second kappa shape index (κ2) is 12.3. The van der Waals surface area contributed by atoms with Crippen LogP contribution in [0.4, 0.5) is 11.5 Å². The lowest BCUT2D eigenvalue weighted by Crippen LogP contribution is -2.39. The highest BCUT2D eigenvalue weighted by Gasteiger charge is 2.30. The molecule has 1 aliphatic carbocycles. The Morgan fingerprint density at radius 2 is 1.76 bits per heavy atom. The Balaban J connectivity index is 1.10. The van der Waals surface area contributed by atoms with Crippen LogP contribution in [0.25, 0.3) is 22.6 Å². The molecule has 0 spiro atoms. The summed E-state index contributed by atoms with van der Waals surface area (Å²) in [7, 11) is 0. The Morgan fingerprint density at radius 1 is 0.952 bits per heavy atom. The van der Waals surface area contributed by atoms with Crippen molar-refractivity contribution in [1.29, 1.82) is 0 Å². The average molecular weight is 566 g/mol. The number of hydrogen-bond acceptors (Lipinski definition) is 7. The number of nitrogens with one attached hydrogen (secondary N) is 1. The number of aliphatic hydroxyl groups is 1. The van der Waals surface area contributed by atoms with Crippen LogP contribution in [0.5, 0.6) is 0 Å². The summed E-state index contributed by atoms with van der Waals surface area (Å²) in [4.78, 5) is 11.6. The van der Waals surface area contributed by atoms with Crippen LogP contribution in [0.2, 0.25) is 0 Å². The lowest BCUT2D eigenvalue weighted by molar-refractivity contribution is 0.0786. The smallest absolute Gasteiger partial charge is 0.257 e. The molecule has 0 radical (unpaired) electrons. The van der Waals surface area contributed by atoms with E-state index < -0.39 is 5.60 Å². The van der Waals surface area contributed by atoms with Gasteiger partial charge in [-0.25, -0.2) is 4.98 Å². The van der Waals surface area contributed by atoms with Crippen LogP contribution in [-0.4, -0.2) is 39.4 Å². The van der Waals surface area contributed by atoms with E-state index in [9.17, 15) is 5.11 Å². The molecule has 220 valence electrons. The zero-order valence-electron chi connectivity index (χ0n) is 25.1. The van der Waals surface area contributed by atoms with E-state index in [1.54, 1.807) is 0 Å². The molecule has 3 heterocycles. The Bertz CT molecular complexity index is 1480. The van der Waals surface area contributed by atoms with E-state index in [1.165, 1.54) is 50.6 Å². The van der Waals surface area contributed by atoms with E-state index in [0.717, 1.165) is 41.2 Å². The third kappa shape index (κ3) is 6.67. The zero-order valence-corrected chi connectivity index (χ0v) is 25.1. The van der Waals surface area contributed by atoms with Gasteiger partial charge < -0.3 is 19.8 Å². The molecule has 2 aromatic carbocycles. The maximum Gasteiger partial charge on any atom is 0.257 e. The number of anilines is 2. The van der Waals surface area contributed by atoms with Crippen LogP contribution in [0.3, 0.4) is 0 Å². The highest BCUT2D eigenvalue weighted by molar-refractivity contribution is 5.67. The molecule has 1 saturated carbocycles. The SMILES string of the molecule is Cc1noc(-c2ccc(N3CCC[C@H](C[C@@H]4CCCC[C@H]4Nc4cc(-c5cccc(C(C)(C)O)c5)ccn4)C3)cc2)n1. The van der Waals surface area contributed by atoms with Crippen molar-refractivity contribution in [2.24, 2.45) is 11.8 Å². The van der Waals surface area contributed by atoms with Gasteiger partial charge in [-0.2, -0.15) is 4.98 Å². The van der Waals surface area contributed by atoms with Crippen molar-refractivity contribution in [2.45, 2.75) is 77.4 Å². The van der Waals surface area contributed by atoms with Crippen molar-refractivity contribution in [1.82, 2.24) is 15.1 Å². The Kier molecular flexibility index (Phi) is 8.29. The van der Waals surface area contributed by atoms with Gasteiger partial charge in [-0.3, -0.25) is 0 Å². The van der Waals surface area contributed by atoms with Gasteiger partial charge in [0.1, 0.15) is 5.82 Å². The van der Waals surface area contributed by atoms with Crippen LogP contribution < -0.4 is 10.2 Å². The molecule has 0 unspecified atom stereocenters. The number of hydrogen-bond donors (Lipinski definition) is 2. The molecule has 2 fully saturated rings. The Morgan fingerprint density at radius 3 is 2.55 bits per heavy atom. The first-order chi connectivity index (χ1) is 20.3. The summed E-state index contributed by atoms with van der Waals surface area (Å²) in [5.41, 5.74) is 4.50. The van der Waals surface area contributed by atoms with Crippen molar-refractivity contribution in [3.8, 4) is 22.6 Å². The fourth-order valence-corrected chi connectivity index (χ4v) is 6.79. The largest absolute Gasteiger partial charge is 0.386 e. The topological polar surface area (TPSA) is 87.3 Å². The van der Waals surface area contributed by atoms with Gasteiger partial charge in [-0.05, 0) is 124 Å². The van der Waals surface area contributed by atoms with E-state index in [4.69, 9.17) is 9.51 Å². The van der Waals surface area contributed by atoms with Gasteiger partial charge in [-0.15, -0.1) is 0 Å². The van der Waals surface area contributed by atoms with Gasteiger partial charge in [-0.1, -0.05) is 36.2 Å². The molecular weight excluding hydrogens is 522 g/mol. The van der Waals surface area contributed by atoms with Gasteiger partial charge in [0, 0.05) is 36.6 Å². The zero-order chi connectivity index (χ0) is 29.1. The first-order valence-corrected chi connectivity index (χ1v) is 15.5. The number of rotatable bonds is 8. The predicted octanol–water partition coefficient (Wildman–Crippen LogP) is 7.61. The van der Waals surface area contributed by atoms with Crippen LogP contribution in [0, 0.1) is 18.8 Å². The van der Waals surface area contributed by atoms with Crippen LogP contribution >= 0.6 is 0 Å². The van der Waals surface area contributed by atoms with Gasteiger partial charge >= 0.3 is 0 Å². The van der Waals surface area contributed by atoms with Crippen molar-refractivity contribution >= 4 is 11.5 Å².